The Bertz CT molecular complexity index is 1380. The molecule has 1 saturated heterocycles. The van der Waals surface area contributed by atoms with Crippen molar-refractivity contribution in [1.29, 1.82) is 0 Å². The molecule has 0 saturated carbocycles. The van der Waals surface area contributed by atoms with Gasteiger partial charge in [-0.3, -0.25) is 9.59 Å². The first-order chi connectivity index (χ1) is 18.8. The molecule has 1 fully saturated rings. The third kappa shape index (κ3) is 4.30. The summed E-state index contributed by atoms with van der Waals surface area (Å²) in [5.41, 5.74) is -0.865. The molecule has 5 rings (SSSR count). The molecule has 2 aromatic carbocycles. The van der Waals surface area contributed by atoms with Gasteiger partial charge < -0.3 is 19.1 Å². The van der Waals surface area contributed by atoms with Crippen molar-refractivity contribution in [3.05, 3.63) is 83.9 Å². The summed E-state index contributed by atoms with van der Waals surface area (Å²) in [4.78, 5) is 59.6. The number of aliphatic hydroxyl groups is 1. The van der Waals surface area contributed by atoms with Crippen LogP contribution in [0.15, 0.2) is 67.0 Å². The molecule has 3 aromatic rings. The largest absolute Gasteiger partial charge is 0.463 e. The van der Waals surface area contributed by atoms with Crippen LogP contribution in [0, 0.1) is 5.92 Å². The molecule has 202 valence electrons. The Kier molecular flexibility index (Phi) is 7.05. The maximum absolute atomic E-state index is 13.9. The van der Waals surface area contributed by atoms with Gasteiger partial charge in [-0.25, -0.2) is 19.5 Å². The van der Waals surface area contributed by atoms with Crippen molar-refractivity contribution in [1.82, 2.24) is 9.55 Å². The van der Waals surface area contributed by atoms with Crippen LogP contribution in [0.5, 0.6) is 0 Å². The van der Waals surface area contributed by atoms with E-state index in [4.69, 9.17) is 9.47 Å². The molecule has 10 heteroatoms. The average Bonchev–Trinajstić information content (AvgIpc) is 3.46. The van der Waals surface area contributed by atoms with Crippen LogP contribution in [0.1, 0.15) is 49.1 Å². The predicted octanol–water partition coefficient (Wildman–Crippen LogP) is 2.55. The van der Waals surface area contributed by atoms with Crippen molar-refractivity contribution in [2.24, 2.45) is 5.92 Å². The fourth-order valence-electron chi connectivity index (χ4n) is 5.61. The number of ether oxygens (including phenoxy) is 2. The first-order valence-corrected chi connectivity index (χ1v) is 12.9. The molecule has 1 N–H and O–H groups in total. The van der Waals surface area contributed by atoms with Gasteiger partial charge in [0.1, 0.15) is 0 Å². The second kappa shape index (κ2) is 10.5. The zero-order valence-corrected chi connectivity index (χ0v) is 21.6. The Morgan fingerprint density at radius 2 is 1.54 bits per heavy atom. The summed E-state index contributed by atoms with van der Waals surface area (Å²) >= 11 is 0. The standard InChI is InChI=1S/C29H29N3O7/c1-3-38-27(35)29(37,28(36)39-4-2)21-15-20-22(26(34)32(25(20)33)19-13-9-6-10-14-19)24-23(21)30-17-31(24)16-18-11-7-5-8-12-18/h5-14,17,20-22,37H,3-4,15-16H2,1-2H3/t20-,21-,22-/m0/s1. The van der Waals surface area contributed by atoms with E-state index in [2.05, 4.69) is 4.98 Å². The van der Waals surface area contributed by atoms with Crippen LogP contribution >= 0.6 is 0 Å². The maximum Gasteiger partial charge on any atom is 0.350 e. The number of carbonyl (C=O) groups is 4. The number of benzene rings is 2. The Morgan fingerprint density at radius 1 is 0.949 bits per heavy atom. The number of imide groups is 1. The Hall–Kier alpha value is -4.31. The maximum atomic E-state index is 13.9. The van der Waals surface area contributed by atoms with Gasteiger partial charge in [-0.05, 0) is 38.0 Å². The summed E-state index contributed by atoms with van der Waals surface area (Å²) in [7, 11) is 0. The van der Waals surface area contributed by atoms with E-state index < -0.39 is 47.1 Å². The molecule has 0 radical (unpaired) electrons. The number of esters is 2. The molecule has 39 heavy (non-hydrogen) atoms. The van der Waals surface area contributed by atoms with Crippen LogP contribution in [0.3, 0.4) is 0 Å². The normalized spacial score (nSPS) is 20.4. The van der Waals surface area contributed by atoms with Gasteiger partial charge in [0.05, 0.1) is 54.4 Å². The Balaban J connectivity index is 1.67. The van der Waals surface area contributed by atoms with Crippen molar-refractivity contribution in [3.63, 3.8) is 0 Å². The molecule has 0 spiro atoms. The molecule has 1 aliphatic carbocycles. The van der Waals surface area contributed by atoms with Crippen LogP contribution < -0.4 is 4.90 Å². The van der Waals surface area contributed by atoms with Crippen LogP contribution in [0.2, 0.25) is 0 Å². The number of rotatable bonds is 8. The van der Waals surface area contributed by atoms with E-state index in [1.54, 1.807) is 48.7 Å². The second-order valence-electron chi connectivity index (χ2n) is 9.56. The van der Waals surface area contributed by atoms with E-state index in [0.29, 0.717) is 17.9 Å². The molecule has 10 nitrogen and oxygen atoms in total. The number of amides is 2. The van der Waals surface area contributed by atoms with Crippen LogP contribution in [0.25, 0.3) is 0 Å². The molecular weight excluding hydrogens is 502 g/mol. The molecule has 2 aliphatic rings. The van der Waals surface area contributed by atoms with E-state index in [-0.39, 0.29) is 25.3 Å². The summed E-state index contributed by atoms with van der Waals surface area (Å²) in [6.07, 6.45) is 1.33. The fourth-order valence-corrected chi connectivity index (χ4v) is 5.61. The lowest BCUT2D eigenvalue weighted by Gasteiger charge is -2.36. The van der Waals surface area contributed by atoms with E-state index >= 15 is 0 Å². The first-order valence-electron chi connectivity index (χ1n) is 12.9. The van der Waals surface area contributed by atoms with Crippen molar-refractivity contribution < 1.29 is 33.8 Å². The molecule has 3 atom stereocenters. The minimum atomic E-state index is -2.76. The van der Waals surface area contributed by atoms with Crippen molar-refractivity contribution in [3.8, 4) is 0 Å². The van der Waals surface area contributed by atoms with Gasteiger partial charge in [0, 0.05) is 6.54 Å². The van der Waals surface area contributed by atoms with E-state index in [0.717, 1.165) is 10.5 Å². The highest BCUT2D eigenvalue weighted by Gasteiger charge is 2.63. The zero-order valence-electron chi connectivity index (χ0n) is 21.6. The number of imidazole rings is 1. The number of hydrogen-bond donors (Lipinski definition) is 1. The number of nitrogens with zero attached hydrogens (tertiary/aromatic N) is 3. The van der Waals surface area contributed by atoms with Gasteiger partial charge >= 0.3 is 11.9 Å². The molecule has 0 bridgehead atoms. The van der Waals surface area contributed by atoms with Gasteiger partial charge in [0.15, 0.2) is 0 Å². The van der Waals surface area contributed by atoms with E-state index in [9.17, 15) is 24.3 Å². The van der Waals surface area contributed by atoms with Crippen LogP contribution in [-0.4, -0.2) is 57.2 Å². The summed E-state index contributed by atoms with van der Waals surface area (Å²) in [5.74, 6) is -6.42. The minimum Gasteiger partial charge on any atom is -0.463 e. The zero-order chi connectivity index (χ0) is 27.7. The van der Waals surface area contributed by atoms with Crippen LogP contribution in [0.4, 0.5) is 5.69 Å². The topological polar surface area (TPSA) is 128 Å². The highest BCUT2D eigenvalue weighted by molar-refractivity contribution is 6.24. The number of hydrogen-bond acceptors (Lipinski definition) is 8. The van der Waals surface area contributed by atoms with Gasteiger partial charge in [0.2, 0.25) is 11.8 Å². The lowest BCUT2D eigenvalue weighted by atomic mass is 9.69. The molecule has 2 heterocycles. The number of anilines is 1. The van der Waals surface area contributed by atoms with Crippen molar-refractivity contribution in [2.45, 2.75) is 44.2 Å². The summed E-state index contributed by atoms with van der Waals surface area (Å²) in [5, 5.41) is 11.7. The summed E-state index contributed by atoms with van der Waals surface area (Å²) < 4.78 is 12.0. The number of carbonyl (C=O) groups excluding carboxylic acids is 4. The molecular formula is C29H29N3O7. The fraction of sp³-hybridized carbons (Fsp3) is 0.345. The number of aromatic nitrogens is 2. The van der Waals surface area contributed by atoms with E-state index in [1.165, 1.54) is 6.33 Å². The monoisotopic (exact) mass is 531 g/mol. The predicted molar refractivity (Wildman–Crippen MR) is 139 cm³/mol. The van der Waals surface area contributed by atoms with Gasteiger partial charge in [-0.1, -0.05) is 48.5 Å². The summed E-state index contributed by atoms with van der Waals surface area (Å²) in [6.45, 7) is 3.25. The third-order valence-electron chi connectivity index (χ3n) is 7.34. The summed E-state index contributed by atoms with van der Waals surface area (Å²) in [6, 6.07) is 18.0. The van der Waals surface area contributed by atoms with Gasteiger partial charge in [-0.15, -0.1) is 0 Å². The highest BCUT2D eigenvalue weighted by Crippen LogP contribution is 2.52. The van der Waals surface area contributed by atoms with E-state index in [1.807, 2.05) is 30.3 Å². The minimum absolute atomic E-state index is 0.0895. The average molecular weight is 532 g/mol. The highest BCUT2D eigenvalue weighted by atomic mass is 16.6. The first kappa shape index (κ1) is 26.3. The Labute approximate surface area is 225 Å². The second-order valence-corrected chi connectivity index (χ2v) is 9.56. The van der Waals surface area contributed by atoms with Gasteiger partial charge in [-0.2, -0.15) is 0 Å². The van der Waals surface area contributed by atoms with Crippen molar-refractivity contribution in [2.75, 3.05) is 18.1 Å². The molecule has 2 amide bonds. The number of fused-ring (bicyclic) bond motifs is 3. The smallest absolute Gasteiger partial charge is 0.350 e. The SMILES string of the molecule is CCOC(=O)C(O)(C(=O)OCC)[C@H]1C[C@@H]2C(=O)N(c3ccccc3)C(=O)[C@@H]2c2c1ncn2Cc1ccccc1. The Morgan fingerprint density at radius 3 is 2.13 bits per heavy atom. The number of para-hydroxylation sites is 1. The lowest BCUT2D eigenvalue weighted by Crippen LogP contribution is -2.55. The molecule has 1 aromatic heterocycles. The quantitative estimate of drug-likeness (QED) is 0.267. The molecule has 0 unspecified atom stereocenters. The third-order valence-corrected chi connectivity index (χ3v) is 7.34. The van der Waals surface area contributed by atoms with Crippen LogP contribution in [-0.2, 0) is 35.2 Å². The molecule has 1 aliphatic heterocycles. The van der Waals surface area contributed by atoms with Crippen molar-refractivity contribution >= 4 is 29.4 Å². The lowest BCUT2D eigenvalue weighted by molar-refractivity contribution is -0.187. The van der Waals surface area contributed by atoms with Gasteiger partial charge in [0.25, 0.3) is 5.60 Å².